The Hall–Kier alpha value is -7.85. The summed E-state index contributed by atoms with van der Waals surface area (Å²) in [6.07, 6.45) is -14.3. The molecule has 0 aliphatic rings. The van der Waals surface area contributed by atoms with Crippen LogP contribution < -0.4 is 4.74 Å². The lowest BCUT2D eigenvalue weighted by Gasteiger charge is -2.38. The second-order valence-electron chi connectivity index (χ2n) is 21.3. The van der Waals surface area contributed by atoms with Gasteiger partial charge in [-0.2, -0.15) is 39.5 Å². The molecule has 9 aromatic rings. The largest absolute Gasteiger partial charge is 0.488 e. The molecule has 1 nitrogen and oxygen atoms in total. The molecule has 0 saturated heterocycles. The zero-order valence-electron chi connectivity index (χ0n) is 44.8. The topological polar surface area (TPSA) is 9.23 Å². The molecule has 0 atom stereocenters. The molecule has 408 valence electrons. The van der Waals surface area contributed by atoms with E-state index in [1.807, 2.05) is 71.9 Å². The first-order valence-corrected chi connectivity index (χ1v) is 25.8. The molecule has 0 N–H and O–H groups in total. The monoisotopic (exact) mass is 1080 g/mol. The quantitative estimate of drug-likeness (QED) is 0.0926. The summed E-state index contributed by atoms with van der Waals surface area (Å²) in [6.45, 7) is 11.8. The van der Waals surface area contributed by atoms with Gasteiger partial charge < -0.3 is 4.74 Å². The third kappa shape index (κ3) is 13.2. The van der Waals surface area contributed by atoms with E-state index in [0.717, 1.165) is 5.56 Å². The van der Waals surface area contributed by atoms with Gasteiger partial charge in [0.25, 0.3) is 0 Å². The standard InChI is InChI=1S/C24H23F3O.C24H23F3.C21H17F3/c1-22(2,3)28-21-16-14-20(15-17-21)23(24(25,26)27,18-10-6-4-7-11-18)19-12-8-5-9-13-19;1-22(2,3)18-14-16-21(17-15-18)23(24(25,26)27,19-10-6-4-7-11-19)20-12-8-5-9-13-20;22-21(23,24)16-20(17-10-4-1-5-11-17,18-12-6-2-7-13-18)19-14-8-3-9-15-19/h4-17H,1-3H3;4-17H,1-3H3;1-15H,16H2. The Morgan fingerprint density at radius 3 is 0.696 bits per heavy atom. The van der Waals surface area contributed by atoms with Gasteiger partial charge in [-0.15, -0.1) is 0 Å². The third-order valence-electron chi connectivity index (χ3n) is 13.8. The summed E-state index contributed by atoms with van der Waals surface area (Å²) in [5.74, 6) is 0.536. The van der Waals surface area contributed by atoms with E-state index >= 15 is 0 Å². The van der Waals surface area contributed by atoms with Gasteiger partial charge in [-0.1, -0.05) is 269 Å². The molecular weight excluding hydrogens is 1020 g/mol. The number of hydrogen-bond acceptors (Lipinski definition) is 1. The highest BCUT2D eigenvalue weighted by Gasteiger charge is 2.59. The SMILES string of the molecule is CC(C)(C)Oc1ccc(C(c2ccccc2)(c2ccccc2)C(F)(F)F)cc1.CC(C)(C)c1ccc(C(c2ccccc2)(c2ccccc2)C(F)(F)F)cc1.FC(F)(F)CC(c1ccccc1)(c1ccccc1)c1ccccc1. The lowest BCUT2D eigenvalue weighted by molar-refractivity contribution is -0.167. The summed E-state index contributed by atoms with van der Waals surface area (Å²) < 4.78 is 135. The van der Waals surface area contributed by atoms with Crippen molar-refractivity contribution < 1.29 is 44.3 Å². The van der Waals surface area contributed by atoms with E-state index < -0.39 is 46.8 Å². The van der Waals surface area contributed by atoms with Crippen molar-refractivity contribution in [3.05, 3.63) is 316 Å². The van der Waals surface area contributed by atoms with Crippen molar-refractivity contribution in [1.29, 1.82) is 0 Å². The van der Waals surface area contributed by atoms with Gasteiger partial charge in [-0.25, -0.2) is 0 Å². The van der Waals surface area contributed by atoms with E-state index in [-0.39, 0.29) is 38.8 Å². The first-order valence-electron chi connectivity index (χ1n) is 25.8. The Bertz CT molecular complexity index is 3060. The Morgan fingerprint density at radius 2 is 0.481 bits per heavy atom. The second-order valence-corrected chi connectivity index (χ2v) is 21.3. The Balaban J connectivity index is 0.000000172. The van der Waals surface area contributed by atoms with Crippen LogP contribution in [0.4, 0.5) is 39.5 Å². The van der Waals surface area contributed by atoms with Crippen LogP contribution >= 0.6 is 0 Å². The number of hydrogen-bond donors (Lipinski definition) is 0. The van der Waals surface area contributed by atoms with E-state index in [1.54, 1.807) is 194 Å². The zero-order chi connectivity index (χ0) is 57.2. The van der Waals surface area contributed by atoms with Gasteiger partial charge in [-0.05, 0) is 94.0 Å². The van der Waals surface area contributed by atoms with Crippen molar-refractivity contribution in [2.45, 2.75) is 93.8 Å². The molecule has 0 amide bonds. The van der Waals surface area contributed by atoms with Crippen molar-refractivity contribution in [3.63, 3.8) is 0 Å². The van der Waals surface area contributed by atoms with Crippen molar-refractivity contribution in [3.8, 4) is 5.75 Å². The molecule has 0 heterocycles. The summed E-state index contributed by atoms with van der Waals surface area (Å²) >= 11 is 0. The predicted molar refractivity (Wildman–Crippen MR) is 299 cm³/mol. The second kappa shape index (κ2) is 24.0. The van der Waals surface area contributed by atoms with Gasteiger partial charge in [0.1, 0.15) is 22.2 Å². The number of halogens is 9. The van der Waals surface area contributed by atoms with Gasteiger partial charge in [-0.3, -0.25) is 0 Å². The summed E-state index contributed by atoms with van der Waals surface area (Å²) in [5.41, 5.74) is -2.22. The maximum atomic E-state index is 14.8. The Labute approximate surface area is 458 Å². The molecule has 79 heavy (non-hydrogen) atoms. The van der Waals surface area contributed by atoms with Gasteiger partial charge in [0, 0.05) is 0 Å². The van der Waals surface area contributed by atoms with Crippen molar-refractivity contribution in [1.82, 2.24) is 0 Å². The van der Waals surface area contributed by atoms with Crippen molar-refractivity contribution in [2.24, 2.45) is 0 Å². The van der Waals surface area contributed by atoms with E-state index in [0.29, 0.717) is 22.4 Å². The molecule has 0 radical (unpaired) electrons. The summed E-state index contributed by atoms with van der Waals surface area (Å²) in [4.78, 5) is 0. The fraction of sp³-hybridized carbons (Fsp3) is 0.217. The summed E-state index contributed by atoms with van der Waals surface area (Å²) in [6, 6.07) is 72.2. The molecule has 0 aliphatic heterocycles. The third-order valence-corrected chi connectivity index (χ3v) is 13.8. The van der Waals surface area contributed by atoms with E-state index in [2.05, 4.69) is 0 Å². The maximum absolute atomic E-state index is 14.8. The van der Waals surface area contributed by atoms with Gasteiger partial charge >= 0.3 is 18.5 Å². The molecule has 0 fully saturated rings. The van der Waals surface area contributed by atoms with Crippen LogP contribution in [0.5, 0.6) is 5.75 Å². The molecule has 10 heteroatoms. The maximum Gasteiger partial charge on any atom is 0.406 e. The van der Waals surface area contributed by atoms with Crippen LogP contribution in [0, 0.1) is 0 Å². The number of rotatable bonds is 11. The molecule has 0 saturated carbocycles. The highest BCUT2D eigenvalue weighted by Crippen LogP contribution is 2.53. The minimum atomic E-state index is -4.54. The van der Waals surface area contributed by atoms with Crippen LogP contribution in [0.3, 0.4) is 0 Å². The molecule has 0 aliphatic carbocycles. The number of alkyl halides is 9. The lowest BCUT2D eigenvalue weighted by atomic mass is 9.67. The molecular formula is C69H63F9O. The van der Waals surface area contributed by atoms with Gasteiger partial charge in [0.2, 0.25) is 0 Å². The van der Waals surface area contributed by atoms with E-state index in [4.69, 9.17) is 4.74 Å². The molecule has 0 unspecified atom stereocenters. The van der Waals surface area contributed by atoms with Gasteiger partial charge in [0.05, 0.1) is 11.8 Å². The summed E-state index contributed by atoms with van der Waals surface area (Å²) in [5, 5.41) is 0. The Morgan fingerprint density at radius 1 is 0.266 bits per heavy atom. The molecule has 9 aromatic carbocycles. The van der Waals surface area contributed by atoms with Crippen LogP contribution in [0.15, 0.2) is 261 Å². The van der Waals surface area contributed by atoms with Crippen LogP contribution in [-0.2, 0) is 21.7 Å². The average Bonchev–Trinajstić information content (AvgIpc) is 3.48. The average molecular weight is 1080 g/mol. The molecule has 0 bridgehead atoms. The molecule has 0 aromatic heterocycles. The highest BCUT2D eigenvalue weighted by molar-refractivity contribution is 5.55. The van der Waals surface area contributed by atoms with Crippen LogP contribution in [0.25, 0.3) is 0 Å². The molecule has 9 rings (SSSR count). The minimum Gasteiger partial charge on any atom is -0.488 e. The lowest BCUT2D eigenvalue weighted by Crippen LogP contribution is -2.44. The van der Waals surface area contributed by atoms with Crippen LogP contribution in [0.1, 0.15) is 104 Å². The van der Waals surface area contributed by atoms with E-state index in [9.17, 15) is 39.5 Å². The first-order chi connectivity index (χ1) is 37.3. The van der Waals surface area contributed by atoms with Crippen LogP contribution in [-0.4, -0.2) is 24.1 Å². The minimum absolute atomic E-state index is 0.126. The summed E-state index contributed by atoms with van der Waals surface area (Å²) in [7, 11) is 0. The fourth-order valence-electron chi connectivity index (χ4n) is 10.4. The fourth-order valence-corrected chi connectivity index (χ4v) is 10.4. The highest BCUT2D eigenvalue weighted by atomic mass is 19.4. The predicted octanol–water partition coefficient (Wildman–Crippen LogP) is 19.6. The first kappa shape index (κ1) is 58.8. The number of ether oxygens (including phenoxy) is 1. The number of benzene rings is 9. The van der Waals surface area contributed by atoms with Crippen molar-refractivity contribution in [2.75, 3.05) is 0 Å². The smallest absolute Gasteiger partial charge is 0.406 e. The van der Waals surface area contributed by atoms with Crippen LogP contribution in [0.2, 0.25) is 0 Å². The molecule has 0 spiro atoms. The zero-order valence-corrected chi connectivity index (χ0v) is 44.8. The Kier molecular flexibility index (Phi) is 17.9. The van der Waals surface area contributed by atoms with Gasteiger partial charge in [0.15, 0.2) is 0 Å². The normalized spacial score (nSPS) is 12.5. The van der Waals surface area contributed by atoms with E-state index in [1.165, 1.54) is 36.4 Å². The van der Waals surface area contributed by atoms with Crippen molar-refractivity contribution >= 4 is 0 Å².